The van der Waals surface area contributed by atoms with Crippen LogP contribution in [0, 0.1) is 0 Å². The molecule has 0 atom stereocenters. The number of nitrogens with two attached hydrogens (primary N) is 2. The monoisotopic (exact) mass is 238 g/mol. The van der Waals surface area contributed by atoms with E-state index >= 15 is 0 Å². The van der Waals surface area contributed by atoms with Gasteiger partial charge in [-0.3, -0.25) is 4.79 Å². The van der Waals surface area contributed by atoms with Crippen LogP contribution in [-0.4, -0.2) is 36.0 Å². The molecule has 1 heterocycles. The lowest BCUT2D eigenvalue weighted by Gasteiger charge is -2.17. The molecule has 0 unspecified atom stereocenters. The molecule has 0 saturated heterocycles. The Balaban J connectivity index is 2.63. The number of carbonyl (C=O) groups excluding carboxylic acids is 1. The fraction of sp³-hybridized carbons (Fsp3) is 0.500. The first kappa shape index (κ1) is 13.0. The van der Waals surface area contributed by atoms with E-state index in [1.165, 1.54) is 0 Å². The summed E-state index contributed by atoms with van der Waals surface area (Å²) in [6.07, 6.45) is 0.906. The standard InChI is InChI=1S/C10H18N6O/c1-3-4-13-9(17)6-16(2)8-5-7(11)14-10(12)15-8/h5H,3-4,6H2,1-2H3,(H,13,17)(H4,11,12,14,15). The van der Waals surface area contributed by atoms with E-state index in [1.807, 2.05) is 6.92 Å². The number of nitrogen functional groups attached to an aromatic ring is 2. The highest BCUT2D eigenvalue weighted by Crippen LogP contribution is 2.12. The number of hydrogen-bond acceptors (Lipinski definition) is 6. The van der Waals surface area contributed by atoms with Gasteiger partial charge in [-0.05, 0) is 6.42 Å². The van der Waals surface area contributed by atoms with Crippen LogP contribution in [0.3, 0.4) is 0 Å². The molecule has 7 heteroatoms. The molecule has 1 aromatic rings. The molecule has 0 bridgehead atoms. The molecule has 0 aromatic carbocycles. The Bertz CT molecular complexity index is 374. The molecule has 1 amide bonds. The minimum atomic E-state index is -0.0647. The maximum absolute atomic E-state index is 11.5. The van der Waals surface area contributed by atoms with Crippen LogP contribution in [0.4, 0.5) is 17.6 Å². The second-order valence-electron chi connectivity index (χ2n) is 3.72. The fourth-order valence-electron chi connectivity index (χ4n) is 1.28. The van der Waals surface area contributed by atoms with Gasteiger partial charge in [0, 0.05) is 19.7 Å². The molecular formula is C10H18N6O. The molecule has 0 spiro atoms. The lowest BCUT2D eigenvalue weighted by molar-refractivity contribution is -0.119. The highest BCUT2D eigenvalue weighted by molar-refractivity contribution is 5.81. The molecule has 94 valence electrons. The first-order chi connectivity index (χ1) is 8.02. The summed E-state index contributed by atoms with van der Waals surface area (Å²) in [5, 5.41) is 2.78. The molecule has 1 aromatic heterocycles. The average molecular weight is 238 g/mol. The molecule has 17 heavy (non-hydrogen) atoms. The van der Waals surface area contributed by atoms with E-state index in [4.69, 9.17) is 11.5 Å². The zero-order valence-corrected chi connectivity index (χ0v) is 10.1. The largest absolute Gasteiger partial charge is 0.383 e. The van der Waals surface area contributed by atoms with Crippen molar-refractivity contribution < 1.29 is 4.79 Å². The van der Waals surface area contributed by atoms with Gasteiger partial charge in [-0.15, -0.1) is 0 Å². The van der Waals surface area contributed by atoms with Crippen molar-refractivity contribution in [1.82, 2.24) is 15.3 Å². The van der Waals surface area contributed by atoms with Gasteiger partial charge >= 0.3 is 0 Å². The van der Waals surface area contributed by atoms with Gasteiger partial charge in [0.1, 0.15) is 11.6 Å². The van der Waals surface area contributed by atoms with E-state index in [-0.39, 0.29) is 24.2 Å². The third-order valence-electron chi connectivity index (χ3n) is 2.09. The molecule has 1 rings (SSSR count). The zero-order valence-electron chi connectivity index (χ0n) is 10.1. The SMILES string of the molecule is CCCNC(=O)CN(C)c1cc(N)nc(N)n1. The topological polar surface area (TPSA) is 110 Å². The first-order valence-corrected chi connectivity index (χ1v) is 5.40. The molecule has 0 saturated carbocycles. The van der Waals surface area contributed by atoms with Crippen LogP contribution in [0.1, 0.15) is 13.3 Å². The number of nitrogens with one attached hydrogen (secondary N) is 1. The molecular weight excluding hydrogens is 220 g/mol. The Morgan fingerprint density at radius 1 is 1.47 bits per heavy atom. The zero-order chi connectivity index (χ0) is 12.8. The summed E-state index contributed by atoms with van der Waals surface area (Å²) in [5.74, 6) is 0.848. The van der Waals surface area contributed by atoms with Gasteiger partial charge in [0.2, 0.25) is 11.9 Å². The van der Waals surface area contributed by atoms with Crippen LogP contribution in [0.25, 0.3) is 0 Å². The van der Waals surface area contributed by atoms with Gasteiger partial charge in [-0.2, -0.15) is 9.97 Å². The smallest absolute Gasteiger partial charge is 0.239 e. The predicted octanol–water partition coefficient (Wildman–Crippen LogP) is -0.397. The van der Waals surface area contributed by atoms with Crippen molar-refractivity contribution in [1.29, 1.82) is 0 Å². The highest BCUT2D eigenvalue weighted by atomic mass is 16.2. The minimum absolute atomic E-state index is 0.0647. The van der Waals surface area contributed by atoms with E-state index in [2.05, 4.69) is 15.3 Å². The number of amides is 1. The number of nitrogens with zero attached hydrogens (tertiary/aromatic N) is 3. The molecule has 7 nitrogen and oxygen atoms in total. The second-order valence-corrected chi connectivity index (χ2v) is 3.72. The lowest BCUT2D eigenvalue weighted by Crippen LogP contribution is -2.36. The van der Waals surface area contributed by atoms with Gasteiger partial charge in [0.25, 0.3) is 0 Å². The summed E-state index contributed by atoms with van der Waals surface area (Å²) >= 11 is 0. The van der Waals surface area contributed by atoms with Crippen molar-refractivity contribution in [2.24, 2.45) is 0 Å². The summed E-state index contributed by atoms with van der Waals surface area (Å²) in [5.41, 5.74) is 11.0. The van der Waals surface area contributed by atoms with Crippen molar-refractivity contribution in [3.8, 4) is 0 Å². The van der Waals surface area contributed by atoms with Gasteiger partial charge in [0.15, 0.2) is 0 Å². The third kappa shape index (κ3) is 4.13. The lowest BCUT2D eigenvalue weighted by atomic mass is 10.4. The number of rotatable bonds is 5. The fourth-order valence-corrected chi connectivity index (χ4v) is 1.28. The van der Waals surface area contributed by atoms with Crippen molar-refractivity contribution in [2.45, 2.75) is 13.3 Å². The summed E-state index contributed by atoms with van der Waals surface area (Å²) < 4.78 is 0. The van der Waals surface area contributed by atoms with Gasteiger partial charge in [0.05, 0.1) is 6.54 Å². The highest BCUT2D eigenvalue weighted by Gasteiger charge is 2.09. The average Bonchev–Trinajstić information content (AvgIpc) is 2.25. The number of aromatic nitrogens is 2. The van der Waals surface area contributed by atoms with E-state index in [1.54, 1.807) is 18.0 Å². The maximum Gasteiger partial charge on any atom is 0.239 e. The van der Waals surface area contributed by atoms with Gasteiger partial charge in [-0.25, -0.2) is 0 Å². The molecule has 0 radical (unpaired) electrons. The molecule has 0 aliphatic rings. The summed E-state index contributed by atoms with van der Waals surface area (Å²) in [7, 11) is 1.74. The van der Waals surface area contributed by atoms with Crippen LogP contribution < -0.4 is 21.7 Å². The Morgan fingerprint density at radius 2 is 2.18 bits per heavy atom. The number of anilines is 3. The van der Waals surface area contributed by atoms with Crippen LogP contribution >= 0.6 is 0 Å². The number of carbonyl (C=O) groups is 1. The molecule has 5 N–H and O–H groups in total. The van der Waals surface area contributed by atoms with Crippen LogP contribution in [0.15, 0.2) is 6.07 Å². The quantitative estimate of drug-likeness (QED) is 0.644. The van der Waals surface area contributed by atoms with Gasteiger partial charge in [-0.1, -0.05) is 6.92 Å². The molecule has 0 aliphatic heterocycles. The van der Waals surface area contributed by atoms with E-state index in [0.717, 1.165) is 6.42 Å². The van der Waals surface area contributed by atoms with E-state index < -0.39 is 0 Å². The van der Waals surface area contributed by atoms with E-state index in [9.17, 15) is 4.79 Å². The van der Waals surface area contributed by atoms with Crippen LogP contribution in [0.5, 0.6) is 0 Å². The predicted molar refractivity (Wildman–Crippen MR) is 67.4 cm³/mol. The summed E-state index contributed by atoms with van der Waals surface area (Å²) in [6, 6.07) is 1.57. The minimum Gasteiger partial charge on any atom is -0.383 e. The van der Waals surface area contributed by atoms with Crippen LogP contribution in [-0.2, 0) is 4.79 Å². The van der Waals surface area contributed by atoms with Crippen molar-refractivity contribution in [2.75, 3.05) is 36.5 Å². The molecule has 0 fully saturated rings. The first-order valence-electron chi connectivity index (χ1n) is 5.40. The van der Waals surface area contributed by atoms with Crippen molar-refractivity contribution in [3.05, 3.63) is 6.07 Å². The Kier molecular flexibility index (Phi) is 4.50. The van der Waals surface area contributed by atoms with Gasteiger partial charge < -0.3 is 21.7 Å². The maximum atomic E-state index is 11.5. The third-order valence-corrected chi connectivity index (χ3v) is 2.09. The summed E-state index contributed by atoms with van der Waals surface area (Å²) in [6.45, 7) is 2.87. The Labute approximate surface area is 100 Å². The molecule has 0 aliphatic carbocycles. The number of likely N-dealkylation sites (N-methyl/N-ethyl adjacent to an activating group) is 1. The Hall–Kier alpha value is -2.05. The van der Waals surface area contributed by atoms with E-state index in [0.29, 0.717) is 12.4 Å². The van der Waals surface area contributed by atoms with Crippen LogP contribution in [0.2, 0.25) is 0 Å². The van der Waals surface area contributed by atoms with Crippen molar-refractivity contribution in [3.63, 3.8) is 0 Å². The Morgan fingerprint density at radius 3 is 2.76 bits per heavy atom. The number of hydrogen-bond donors (Lipinski definition) is 3. The normalized spacial score (nSPS) is 10.0. The van der Waals surface area contributed by atoms with Crippen molar-refractivity contribution >= 4 is 23.5 Å². The second kappa shape index (κ2) is 5.88. The summed E-state index contributed by atoms with van der Waals surface area (Å²) in [4.78, 5) is 20.9.